The summed E-state index contributed by atoms with van der Waals surface area (Å²) in [6, 6.07) is 0. The lowest BCUT2D eigenvalue weighted by molar-refractivity contribution is -0.142. The molecule has 0 aromatic carbocycles. The van der Waals surface area contributed by atoms with Gasteiger partial charge in [-0.15, -0.1) is 0 Å². The van der Waals surface area contributed by atoms with Crippen LogP contribution in [-0.4, -0.2) is 52.9 Å². The van der Waals surface area contributed by atoms with Crippen LogP contribution in [-0.2, 0) is 14.4 Å². The molecule has 0 spiro atoms. The lowest BCUT2D eigenvalue weighted by Crippen LogP contribution is -2.40. The van der Waals surface area contributed by atoms with Crippen molar-refractivity contribution in [1.29, 1.82) is 0 Å². The monoisotopic (exact) mass is 597 g/mol. The van der Waals surface area contributed by atoms with Crippen molar-refractivity contribution < 1.29 is 29.7 Å². The Hall–Kier alpha value is -1.71. The maximum Gasteiger partial charge on any atom is 0.303 e. The SMILES string of the molecule is CC(C)C1CCC(CN)(CC(=O)O)CC1.CC1(C)CCCC(CN)(CC(=O)O)C1.CC1CCCCC1(CN)CC(=O)O. The molecule has 246 valence electrons. The van der Waals surface area contributed by atoms with Gasteiger partial charge in [0.15, 0.2) is 0 Å². The Balaban J connectivity index is 0.000000316. The molecule has 0 aliphatic heterocycles. The molecule has 0 radical (unpaired) electrons. The average molecular weight is 598 g/mol. The standard InChI is InChI=1S/C12H23NO2.C11H21NO2.C10H19NO2/c1-9(2)10-3-5-12(8-13,6-4-10)7-11(14)15;1-10(2)4-3-5-11(7-10,8-12)6-9(13)14;1-8-4-2-3-5-10(8,7-11)6-9(12)13/h9-10H,3-8,13H2,1-2H3,(H,14,15);3-8,12H2,1-2H3,(H,13,14);8H,2-7,11H2,1H3,(H,12,13). The first-order chi connectivity index (χ1) is 19.5. The summed E-state index contributed by atoms with van der Waals surface area (Å²) in [5.41, 5.74) is 17.1. The minimum Gasteiger partial charge on any atom is -0.481 e. The van der Waals surface area contributed by atoms with Crippen LogP contribution in [0.1, 0.15) is 131 Å². The maximum atomic E-state index is 10.8. The summed E-state index contributed by atoms with van der Waals surface area (Å²) in [6.07, 6.45) is 13.7. The van der Waals surface area contributed by atoms with Gasteiger partial charge in [0.1, 0.15) is 0 Å². The van der Waals surface area contributed by atoms with Crippen molar-refractivity contribution in [1.82, 2.24) is 0 Å². The highest BCUT2D eigenvalue weighted by Crippen LogP contribution is 2.47. The van der Waals surface area contributed by atoms with E-state index in [0.29, 0.717) is 31.5 Å². The van der Waals surface area contributed by atoms with Gasteiger partial charge >= 0.3 is 17.9 Å². The predicted molar refractivity (Wildman–Crippen MR) is 168 cm³/mol. The third-order valence-electron chi connectivity index (χ3n) is 10.9. The van der Waals surface area contributed by atoms with Crippen LogP contribution in [0.15, 0.2) is 0 Å². The van der Waals surface area contributed by atoms with Crippen LogP contribution in [0.3, 0.4) is 0 Å². The highest BCUT2D eigenvalue weighted by Gasteiger charge is 2.41. The van der Waals surface area contributed by atoms with Crippen LogP contribution >= 0.6 is 0 Å². The molecule has 3 fully saturated rings. The van der Waals surface area contributed by atoms with Crippen molar-refractivity contribution in [3.63, 3.8) is 0 Å². The third kappa shape index (κ3) is 12.1. The molecule has 9 nitrogen and oxygen atoms in total. The summed E-state index contributed by atoms with van der Waals surface area (Å²) in [7, 11) is 0. The summed E-state index contributed by atoms with van der Waals surface area (Å²) < 4.78 is 0. The second-order valence-corrected chi connectivity index (χ2v) is 15.1. The number of carboxylic acid groups (broad SMARTS) is 3. The number of hydrogen-bond acceptors (Lipinski definition) is 6. The molecule has 3 aliphatic rings. The minimum atomic E-state index is -0.715. The van der Waals surface area contributed by atoms with E-state index in [-0.39, 0.29) is 40.9 Å². The molecule has 42 heavy (non-hydrogen) atoms. The Kier molecular flexibility index (Phi) is 15.5. The summed E-state index contributed by atoms with van der Waals surface area (Å²) >= 11 is 0. The molecule has 9 N–H and O–H groups in total. The Morgan fingerprint density at radius 3 is 1.62 bits per heavy atom. The van der Waals surface area contributed by atoms with E-state index in [0.717, 1.165) is 70.1 Å². The van der Waals surface area contributed by atoms with Crippen molar-refractivity contribution in [2.75, 3.05) is 19.6 Å². The van der Waals surface area contributed by atoms with E-state index in [9.17, 15) is 14.4 Å². The van der Waals surface area contributed by atoms with E-state index < -0.39 is 17.9 Å². The molecule has 0 heterocycles. The van der Waals surface area contributed by atoms with Gasteiger partial charge in [-0.2, -0.15) is 0 Å². The van der Waals surface area contributed by atoms with Crippen LogP contribution < -0.4 is 17.2 Å². The summed E-state index contributed by atoms with van der Waals surface area (Å²) in [6.45, 7) is 12.6. The molecule has 3 atom stereocenters. The van der Waals surface area contributed by atoms with E-state index in [2.05, 4.69) is 34.6 Å². The molecule has 3 aliphatic carbocycles. The van der Waals surface area contributed by atoms with Gasteiger partial charge in [-0.1, -0.05) is 60.3 Å². The van der Waals surface area contributed by atoms with E-state index in [4.69, 9.17) is 32.5 Å². The Bertz CT molecular complexity index is 855. The van der Waals surface area contributed by atoms with E-state index in [1.165, 1.54) is 12.8 Å². The van der Waals surface area contributed by atoms with E-state index >= 15 is 0 Å². The van der Waals surface area contributed by atoms with Gasteiger partial charge in [0.25, 0.3) is 0 Å². The van der Waals surface area contributed by atoms with Crippen molar-refractivity contribution in [2.45, 2.75) is 131 Å². The molecule has 3 unspecified atom stereocenters. The molecule has 0 bridgehead atoms. The van der Waals surface area contributed by atoms with Crippen LogP contribution in [0.5, 0.6) is 0 Å². The number of rotatable bonds is 10. The average Bonchev–Trinajstić information content (AvgIpc) is 2.89. The lowest BCUT2D eigenvalue weighted by Gasteiger charge is -2.43. The zero-order chi connectivity index (χ0) is 32.2. The fourth-order valence-corrected chi connectivity index (χ4v) is 7.96. The quantitative estimate of drug-likeness (QED) is 0.179. The Labute approximate surface area is 254 Å². The molecule has 0 aromatic heterocycles. The Morgan fingerprint density at radius 1 is 0.690 bits per heavy atom. The van der Waals surface area contributed by atoms with Gasteiger partial charge in [-0.25, -0.2) is 0 Å². The first-order valence-electron chi connectivity index (χ1n) is 16.2. The summed E-state index contributed by atoms with van der Waals surface area (Å²) in [5.74, 6) is -0.192. The van der Waals surface area contributed by atoms with Gasteiger partial charge in [0.05, 0.1) is 19.3 Å². The van der Waals surface area contributed by atoms with E-state index in [1.807, 2.05) is 0 Å². The first kappa shape index (κ1) is 38.3. The highest BCUT2D eigenvalue weighted by molar-refractivity contribution is 5.68. The molecule has 0 amide bonds. The molecule has 0 saturated heterocycles. The summed E-state index contributed by atoms with van der Waals surface area (Å²) in [5, 5.41) is 26.6. The largest absolute Gasteiger partial charge is 0.481 e. The van der Waals surface area contributed by atoms with Crippen LogP contribution in [0.2, 0.25) is 0 Å². The van der Waals surface area contributed by atoms with Crippen molar-refractivity contribution in [3.8, 4) is 0 Å². The number of aliphatic carboxylic acids is 3. The van der Waals surface area contributed by atoms with Crippen LogP contribution in [0, 0.1) is 39.4 Å². The molecular weight excluding hydrogens is 534 g/mol. The predicted octanol–water partition coefficient (Wildman–Crippen LogP) is 5.88. The second-order valence-electron chi connectivity index (χ2n) is 15.1. The van der Waals surface area contributed by atoms with Gasteiger partial charge in [0, 0.05) is 0 Å². The fraction of sp³-hybridized carbons (Fsp3) is 0.909. The lowest BCUT2D eigenvalue weighted by atomic mass is 9.62. The number of hydrogen-bond donors (Lipinski definition) is 6. The molecule has 0 aromatic rings. The zero-order valence-electron chi connectivity index (χ0n) is 27.3. The number of carboxylic acids is 3. The van der Waals surface area contributed by atoms with Crippen LogP contribution in [0.4, 0.5) is 0 Å². The zero-order valence-corrected chi connectivity index (χ0v) is 27.3. The van der Waals surface area contributed by atoms with Gasteiger partial charge in [-0.05, 0) is 110 Å². The molecule has 9 heteroatoms. The molecular formula is C33H63N3O6. The number of nitrogens with two attached hydrogens (primary N) is 3. The summed E-state index contributed by atoms with van der Waals surface area (Å²) in [4.78, 5) is 32.3. The number of carbonyl (C=O) groups is 3. The van der Waals surface area contributed by atoms with Gasteiger partial charge in [0.2, 0.25) is 0 Å². The second kappa shape index (κ2) is 17.0. The topological polar surface area (TPSA) is 190 Å². The molecule has 3 saturated carbocycles. The maximum absolute atomic E-state index is 10.8. The first-order valence-corrected chi connectivity index (χ1v) is 16.2. The van der Waals surface area contributed by atoms with Gasteiger partial charge < -0.3 is 32.5 Å². The van der Waals surface area contributed by atoms with Gasteiger partial charge in [-0.3, -0.25) is 14.4 Å². The third-order valence-corrected chi connectivity index (χ3v) is 10.9. The van der Waals surface area contributed by atoms with Crippen molar-refractivity contribution in [2.24, 2.45) is 56.6 Å². The van der Waals surface area contributed by atoms with Crippen molar-refractivity contribution in [3.05, 3.63) is 0 Å². The normalized spacial score (nSPS) is 32.5. The van der Waals surface area contributed by atoms with Crippen molar-refractivity contribution >= 4 is 17.9 Å². The smallest absolute Gasteiger partial charge is 0.303 e. The fourth-order valence-electron chi connectivity index (χ4n) is 7.96. The molecule has 3 rings (SSSR count). The van der Waals surface area contributed by atoms with Crippen LogP contribution in [0.25, 0.3) is 0 Å². The van der Waals surface area contributed by atoms with E-state index in [1.54, 1.807) is 0 Å². The Morgan fingerprint density at radius 2 is 1.21 bits per heavy atom. The highest BCUT2D eigenvalue weighted by atomic mass is 16.4. The minimum absolute atomic E-state index is 0.114.